The van der Waals surface area contributed by atoms with Crippen LogP contribution in [0, 0.1) is 0 Å². The third-order valence-electron chi connectivity index (χ3n) is 2.11. The van der Waals surface area contributed by atoms with Crippen molar-refractivity contribution in [3.63, 3.8) is 0 Å². The molecule has 15 heavy (non-hydrogen) atoms. The molecular weight excluding hydrogens is 194 g/mol. The minimum atomic E-state index is -0.512. The first-order chi connectivity index (χ1) is 7.24. The maximum Gasteiger partial charge on any atom is 0.368 e. The molecule has 6 heteroatoms. The fourth-order valence-electron chi connectivity index (χ4n) is 1.49. The minimum Gasteiger partial charge on any atom is -0.382 e. The van der Waals surface area contributed by atoms with Crippen LogP contribution >= 0.6 is 0 Å². The molecule has 0 spiro atoms. The molecule has 0 aliphatic carbocycles. The predicted octanol–water partition coefficient (Wildman–Crippen LogP) is -0.415. The van der Waals surface area contributed by atoms with Crippen LogP contribution in [-0.4, -0.2) is 16.0 Å². The summed E-state index contributed by atoms with van der Waals surface area (Å²) in [5.74, 6) is 0.297. The molecule has 6 nitrogen and oxygen atoms in total. The first kappa shape index (κ1) is 7.98. The van der Waals surface area contributed by atoms with E-state index in [9.17, 15) is 4.79 Å². The van der Waals surface area contributed by atoms with Crippen molar-refractivity contribution in [2.75, 3.05) is 5.73 Å². The summed E-state index contributed by atoms with van der Waals surface area (Å²) in [6, 6.07) is 2.91. The molecule has 1 aliphatic rings. The standard InChI is InChI=1S/C9H5N5O/c10-6-3-11-4-1-2-5-8(7(4)13-6)14-9(15)12-5/h1-3H,(H2,10,13). The number of anilines is 1. The third kappa shape index (κ3) is 1.08. The second-order valence-electron chi connectivity index (χ2n) is 3.10. The Morgan fingerprint density at radius 3 is 2.93 bits per heavy atom. The number of aromatic nitrogens is 2. The fourth-order valence-corrected chi connectivity index (χ4v) is 1.49. The van der Waals surface area contributed by atoms with Crippen LogP contribution in [0.4, 0.5) is 10.6 Å². The highest BCUT2D eigenvalue weighted by molar-refractivity contribution is 5.82. The first-order valence-corrected chi connectivity index (χ1v) is 4.27. The van der Waals surface area contributed by atoms with Crippen LogP contribution in [0.3, 0.4) is 0 Å². The number of carbonyl (C=O) groups excluding carboxylic acids is 1. The maximum atomic E-state index is 11.0. The average molecular weight is 199 g/mol. The SMILES string of the molecule is Nc1cnc2ccc3c(c2n1)=NC(=O)N=3. The van der Waals surface area contributed by atoms with Gasteiger partial charge >= 0.3 is 6.03 Å². The molecule has 2 amide bonds. The van der Waals surface area contributed by atoms with E-state index in [0.717, 1.165) is 0 Å². The van der Waals surface area contributed by atoms with E-state index >= 15 is 0 Å². The number of fused-ring (bicyclic) bond motifs is 3. The number of hydrogen-bond donors (Lipinski definition) is 1. The summed E-state index contributed by atoms with van der Waals surface area (Å²) in [4.78, 5) is 26.7. The Kier molecular flexibility index (Phi) is 1.37. The molecule has 1 aliphatic heterocycles. The molecule has 2 heterocycles. The molecule has 2 N–H and O–H groups in total. The van der Waals surface area contributed by atoms with Crippen LogP contribution in [0.2, 0.25) is 0 Å². The lowest BCUT2D eigenvalue weighted by atomic mass is 10.3. The number of carbonyl (C=O) groups is 1. The molecule has 72 valence electrons. The molecule has 1 aromatic heterocycles. The van der Waals surface area contributed by atoms with Crippen LogP contribution < -0.4 is 16.4 Å². The molecule has 1 aromatic carbocycles. The highest BCUT2D eigenvalue weighted by Gasteiger charge is 2.09. The van der Waals surface area contributed by atoms with Gasteiger partial charge in [-0.25, -0.2) is 9.78 Å². The monoisotopic (exact) mass is 199 g/mol. The smallest absolute Gasteiger partial charge is 0.368 e. The van der Waals surface area contributed by atoms with Crippen molar-refractivity contribution in [1.82, 2.24) is 9.97 Å². The van der Waals surface area contributed by atoms with Gasteiger partial charge in [-0.15, -0.1) is 0 Å². The first-order valence-electron chi connectivity index (χ1n) is 4.27. The maximum absolute atomic E-state index is 11.0. The van der Waals surface area contributed by atoms with Gasteiger partial charge in [0, 0.05) is 0 Å². The van der Waals surface area contributed by atoms with Crippen molar-refractivity contribution in [2.45, 2.75) is 0 Å². The van der Waals surface area contributed by atoms with Gasteiger partial charge in [0.15, 0.2) is 0 Å². The Morgan fingerprint density at radius 1 is 1.20 bits per heavy atom. The Labute approximate surface area is 83.2 Å². The lowest BCUT2D eigenvalue weighted by molar-refractivity contribution is 0.257. The third-order valence-corrected chi connectivity index (χ3v) is 2.11. The van der Waals surface area contributed by atoms with E-state index in [0.29, 0.717) is 27.6 Å². The van der Waals surface area contributed by atoms with Crippen molar-refractivity contribution in [2.24, 2.45) is 9.98 Å². The lowest BCUT2D eigenvalue weighted by Gasteiger charge is -1.95. The number of nitrogen functional groups attached to an aromatic ring is 1. The number of rotatable bonds is 0. The van der Waals surface area contributed by atoms with E-state index in [1.807, 2.05) is 0 Å². The molecule has 0 unspecified atom stereocenters. The minimum absolute atomic E-state index is 0.297. The van der Waals surface area contributed by atoms with Gasteiger partial charge in [-0.2, -0.15) is 9.98 Å². The van der Waals surface area contributed by atoms with Gasteiger partial charge in [-0.05, 0) is 12.1 Å². The number of amides is 2. The number of urea groups is 1. The van der Waals surface area contributed by atoms with Crippen molar-refractivity contribution in [1.29, 1.82) is 0 Å². The quantitative estimate of drug-likeness (QED) is 0.623. The summed E-state index contributed by atoms with van der Waals surface area (Å²) < 4.78 is 0. The number of nitrogens with zero attached hydrogens (tertiary/aromatic N) is 4. The molecular formula is C9H5N5O. The molecule has 0 fully saturated rings. The topological polar surface area (TPSA) is 93.6 Å². The van der Waals surface area contributed by atoms with E-state index < -0.39 is 6.03 Å². The molecule has 3 rings (SSSR count). The van der Waals surface area contributed by atoms with E-state index in [1.165, 1.54) is 6.20 Å². The van der Waals surface area contributed by atoms with Gasteiger partial charge in [-0.1, -0.05) is 0 Å². The van der Waals surface area contributed by atoms with Gasteiger partial charge in [0.1, 0.15) is 16.7 Å². The molecule has 0 radical (unpaired) electrons. The Balaban J connectivity index is 2.61. The fraction of sp³-hybridized carbons (Fsp3) is 0. The van der Waals surface area contributed by atoms with Crippen LogP contribution in [0.5, 0.6) is 0 Å². The van der Waals surface area contributed by atoms with Crippen molar-refractivity contribution in [3.8, 4) is 0 Å². The zero-order valence-electron chi connectivity index (χ0n) is 7.51. The summed E-state index contributed by atoms with van der Waals surface area (Å²) in [5, 5.41) is 0.977. The zero-order chi connectivity index (χ0) is 10.4. The number of benzene rings is 1. The second kappa shape index (κ2) is 2.57. The van der Waals surface area contributed by atoms with Gasteiger partial charge in [0.05, 0.1) is 17.1 Å². The van der Waals surface area contributed by atoms with E-state index in [2.05, 4.69) is 20.0 Å². The molecule has 0 bridgehead atoms. The van der Waals surface area contributed by atoms with Gasteiger partial charge in [0.2, 0.25) is 0 Å². The van der Waals surface area contributed by atoms with Crippen molar-refractivity contribution >= 4 is 22.9 Å². The van der Waals surface area contributed by atoms with Crippen LogP contribution in [0.25, 0.3) is 11.0 Å². The van der Waals surface area contributed by atoms with Crippen LogP contribution in [0.15, 0.2) is 28.3 Å². The van der Waals surface area contributed by atoms with Gasteiger partial charge in [-0.3, -0.25) is 4.98 Å². The Hall–Kier alpha value is -2.37. The Bertz CT molecular complexity index is 706. The summed E-state index contributed by atoms with van der Waals surface area (Å²) in [7, 11) is 0. The summed E-state index contributed by atoms with van der Waals surface area (Å²) >= 11 is 0. The highest BCUT2D eigenvalue weighted by Crippen LogP contribution is 2.04. The van der Waals surface area contributed by atoms with E-state index in [4.69, 9.17) is 5.73 Å². The van der Waals surface area contributed by atoms with Crippen molar-refractivity contribution in [3.05, 3.63) is 29.0 Å². The lowest BCUT2D eigenvalue weighted by Crippen LogP contribution is -2.23. The van der Waals surface area contributed by atoms with Gasteiger partial charge < -0.3 is 5.73 Å². The largest absolute Gasteiger partial charge is 0.382 e. The normalized spacial score (nSPS) is 13.5. The summed E-state index contributed by atoms with van der Waals surface area (Å²) in [5.41, 5.74) is 6.69. The number of nitrogens with two attached hydrogens (primary N) is 1. The molecule has 0 atom stereocenters. The molecule has 2 aromatic rings. The highest BCUT2D eigenvalue weighted by atomic mass is 16.2. The van der Waals surface area contributed by atoms with E-state index in [1.54, 1.807) is 12.1 Å². The van der Waals surface area contributed by atoms with Crippen LogP contribution in [-0.2, 0) is 0 Å². The summed E-state index contributed by atoms with van der Waals surface area (Å²) in [6.45, 7) is 0. The van der Waals surface area contributed by atoms with Crippen molar-refractivity contribution < 1.29 is 4.79 Å². The second-order valence-corrected chi connectivity index (χ2v) is 3.10. The summed E-state index contributed by atoms with van der Waals surface area (Å²) in [6.07, 6.45) is 1.46. The number of hydrogen-bond acceptors (Lipinski definition) is 4. The predicted molar refractivity (Wildman–Crippen MR) is 51.7 cm³/mol. The zero-order valence-corrected chi connectivity index (χ0v) is 7.51. The van der Waals surface area contributed by atoms with Crippen LogP contribution in [0.1, 0.15) is 0 Å². The Morgan fingerprint density at radius 2 is 2.07 bits per heavy atom. The molecule has 0 saturated heterocycles. The average Bonchev–Trinajstić information content (AvgIpc) is 2.58. The van der Waals surface area contributed by atoms with E-state index in [-0.39, 0.29) is 0 Å². The van der Waals surface area contributed by atoms with Gasteiger partial charge in [0.25, 0.3) is 0 Å². The molecule has 0 saturated carbocycles.